The Bertz CT molecular complexity index is 1290. The summed E-state index contributed by atoms with van der Waals surface area (Å²) >= 11 is 8.45. The Hall–Kier alpha value is -2.55. The van der Waals surface area contributed by atoms with E-state index in [-0.39, 0.29) is 5.78 Å². The van der Waals surface area contributed by atoms with Gasteiger partial charge in [-0.2, -0.15) is 5.10 Å². The van der Waals surface area contributed by atoms with E-state index >= 15 is 0 Å². The highest BCUT2D eigenvalue weighted by molar-refractivity contribution is 8.89. The Morgan fingerprint density at radius 1 is 0.949 bits per heavy atom. The van der Waals surface area contributed by atoms with Gasteiger partial charge >= 0.3 is 5.77 Å². The van der Waals surface area contributed by atoms with Gasteiger partial charge in [-0.05, 0) is 78.2 Å². The van der Waals surface area contributed by atoms with Gasteiger partial charge in [0.1, 0.15) is 18.4 Å². The van der Waals surface area contributed by atoms with Crippen molar-refractivity contribution in [3.63, 3.8) is 0 Å². The minimum absolute atomic E-state index is 0.0852. The van der Waals surface area contributed by atoms with Gasteiger partial charge in [-0.15, -0.1) is 0 Å². The summed E-state index contributed by atoms with van der Waals surface area (Å²) in [5.74, 6) is -2.37. The van der Waals surface area contributed by atoms with Gasteiger partial charge in [-0.1, -0.05) is 68.8 Å². The summed E-state index contributed by atoms with van der Waals surface area (Å²) in [5.41, 5.74) is -0.553. The number of carbonyl (C=O) groups is 1. The Labute approximate surface area is 242 Å². The molecule has 4 rings (SSSR count). The van der Waals surface area contributed by atoms with E-state index in [1.807, 2.05) is 88.4 Å². The van der Waals surface area contributed by atoms with E-state index in [2.05, 4.69) is 10.1 Å². The quantitative estimate of drug-likeness (QED) is 0.166. The molecule has 0 spiro atoms. The second-order valence-electron chi connectivity index (χ2n) is 9.09. The summed E-state index contributed by atoms with van der Waals surface area (Å²) < 4.78 is 25.5. The van der Waals surface area contributed by atoms with Gasteiger partial charge in [0.2, 0.25) is 5.78 Å². The third-order valence-corrected chi connectivity index (χ3v) is 11.7. The van der Waals surface area contributed by atoms with E-state index in [0.717, 1.165) is 9.79 Å². The fraction of sp³-hybridized carbons (Fsp3) is 0.250. The molecule has 0 aliphatic heterocycles. The molecule has 0 saturated carbocycles. The molecule has 1 atom stereocenters. The smallest absolute Gasteiger partial charge is 0.322 e. The Morgan fingerprint density at radius 3 is 1.92 bits per heavy atom. The summed E-state index contributed by atoms with van der Waals surface area (Å²) in [6.45, 7) is 7.82. The summed E-state index contributed by atoms with van der Waals surface area (Å²) in [7, 11) is 0. The zero-order chi connectivity index (χ0) is 28.3. The zero-order valence-electron chi connectivity index (χ0n) is 22.1. The van der Waals surface area contributed by atoms with Gasteiger partial charge in [-0.3, -0.25) is 9.36 Å². The molecule has 3 aromatic carbocycles. The molecule has 1 unspecified atom stereocenters. The van der Waals surface area contributed by atoms with Crippen LogP contribution in [0.25, 0.3) is 0 Å². The molecule has 0 aliphatic carbocycles. The average Bonchev–Trinajstić information content (AvgIpc) is 3.44. The highest BCUT2D eigenvalue weighted by atomic mass is 35.5. The highest BCUT2D eigenvalue weighted by Crippen LogP contribution is 2.73. The third-order valence-electron chi connectivity index (χ3n) is 4.91. The Kier molecular flexibility index (Phi) is 11.7. The first kappa shape index (κ1) is 31.0. The lowest BCUT2D eigenvalue weighted by Gasteiger charge is -2.25. The van der Waals surface area contributed by atoms with Crippen molar-refractivity contribution in [3.8, 4) is 5.75 Å². The summed E-state index contributed by atoms with van der Waals surface area (Å²) in [6, 6.07) is 26.3. The zero-order valence-corrected chi connectivity index (χ0v) is 25.4. The lowest BCUT2D eigenvalue weighted by Crippen LogP contribution is -2.34. The Morgan fingerprint density at radius 2 is 1.49 bits per heavy atom. The van der Waals surface area contributed by atoms with Crippen LogP contribution in [0.3, 0.4) is 0 Å². The number of halogens is 1. The van der Waals surface area contributed by atoms with E-state index in [1.54, 1.807) is 24.3 Å². The summed E-state index contributed by atoms with van der Waals surface area (Å²) in [5, 5.41) is 4.61. The first-order valence-electron chi connectivity index (χ1n) is 12.1. The number of hydrogen-bond acceptors (Lipinski definition) is 8. The third kappa shape index (κ3) is 10.2. The normalized spacial score (nSPS) is 12.2. The number of Topliss-reactive ketones (excluding diaryl/α,β-unsaturated/α-hetero) is 1. The molecule has 1 heterocycles. The van der Waals surface area contributed by atoms with Crippen molar-refractivity contribution < 1.29 is 18.6 Å². The molecule has 0 fully saturated rings. The molecule has 0 aliphatic rings. The van der Waals surface area contributed by atoms with Crippen LogP contribution in [-0.2, 0) is 13.9 Å². The van der Waals surface area contributed by atoms with E-state index in [1.165, 1.54) is 40.1 Å². The predicted molar refractivity (Wildman–Crippen MR) is 159 cm³/mol. The fourth-order valence-electron chi connectivity index (χ4n) is 3.03. The largest absolute Gasteiger partial charge is 0.461 e. The van der Waals surface area contributed by atoms with Crippen molar-refractivity contribution in [2.75, 3.05) is 6.61 Å². The molecule has 1 aromatic heterocycles. The number of ketones is 1. The molecular formula is C28H31ClN3O4PS2. The average molecular weight is 604 g/mol. The number of rotatable bonds is 10. The second-order valence-corrected chi connectivity index (χ2v) is 16.7. The summed E-state index contributed by atoms with van der Waals surface area (Å²) in [4.78, 5) is 18.3. The van der Waals surface area contributed by atoms with Crippen molar-refractivity contribution in [3.05, 3.63) is 103 Å². The van der Waals surface area contributed by atoms with Crippen LogP contribution in [0.15, 0.2) is 107 Å². The van der Waals surface area contributed by atoms with Crippen LogP contribution >= 0.6 is 40.1 Å². The van der Waals surface area contributed by atoms with Gasteiger partial charge in [0.25, 0.3) is 6.23 Å². The minimum atomic E-state index is -2.83. The van der Waals surface area contributed by atoms with E-state index in [4.69, 9.17) is 20.9 Å². The molecule has 0 amide bonds. The number of ether oxygens (including phenoxy) is 1. The number of aromatic nitrogens is 3. The van der Waals surface area contributed by atoms with Crippen molar-refractivity contribution in [2.45, 2.75) is 43.7 Å². The molecule has 0 N–H and O–H groups in total. The monoisotopic (exact) mass is 603 g/mol. The van der Waals surface area contributed by atoms with Crippen LogP contribution in [0.4, 0.5) is 0 Å². The lowest BCUT2D eigenvalue weighted by atomic mass is 9.90. The SMILES string of the molecule is CC(C)(C)C(=O)C(Oc1ccc(Cl)cc1)n1cncn1.CCOP(=O)(Sc1ccccc1)Sc1ccccc1. The number of benzene rings is 3. The molecule has 39 heavy (non-hydrogen) atoms. The van der Waals surface area contributed by atoms with Crippen molar-refractivity contribution >= 4 is 45.9 Å². The molecule has 0 bridgehead atoms. The van der Waals surface area contributed by atoms with Crippen molar-refractivity contribution in [2.24, 2.45) is 5.41 Å². The van der Waals surface area contributed by atoms with Crippen LogP contribution in [0.1, 0.15) is 33.9 Å². The number of carbonyl (C=O) groups excluding carboxylic acids is 1. The molecule has 0 saturated heterocycles. The topological polar surface area (TPSA) is 83.3 Å². The molecule has 7 nitrogen and oxygen atoms in total. The molecule has 206 valence electrons. The van der Waals surface area contributed by atoms with Gasteiger partial charge < -0.3 is 9.26 Å². The predicted octanol–water partition coefficient (Wildman–Crippen LogP) is 8.84. The first-order chi connectivity index (χ1) is 18.6. The molecule has 4 aromatic rings. The van der Waals surface area contributed by atoms with Crippen LogP contribution in [-0.4, -0.2) is 27.2 Å². The van der Waals surface area contributed by atoms with Crippen molar-refractivity contribution in [1.82, 2.24) is 14.8 Å². The van der Waals surface area contributed by atoms with E-state index < -0.39 is 17.4 Å². The van der Waals surface area contributed by atoms with Gasteiger partial charge in [0, 0.05) is 20.2 Å². The molecule has 11 heteroatoms. The fourth-order valence-corrected chi connectivity index (χ4v) is 9.91. The van der Waals surface area contributed by atoms with E-state index in [0.29, 0.717) is 17.4 Å². The molecule has 0 radical (unpaired) electrons. The van der Waals surface area contributed by atoms with Gasteiger partial charge in [0.15, 0.2) is 0 Å². The van der Waals surface area contributed by atoms with Crippen LogP contribution in [0.5, 0.6) is 5.75 Å². The van der Waals surface area contributed by atoms with Crippen LogP contribution in [0, 0.1) is 5.41 Å². The maximum absolute atomic E-state index is 12.9. The van der Waals surface area contributed by atoms with Gasteiger partial charge in [0.05, 0.1) is 6.61 Å². The Balaban J connectivity index is 0.000000216. The van der Waals surface area contributed by atoms with E-state index in [9.17, 15) is 9.36 Å². The number of nitrogens with zero attached hydrogens (tertiary/aromatic N) is 3. The second kappa shape index (κ2) is 14.7. The first-order valence-corrected chi connectivity index (χ1v) is 17.0. The summed E-state index contributed by atoms with van der Waals surface area (Å²) in [6.07, 6.45) is 1.98. The van der Waals surface area contributed by atoms with Gasteiger partial charge in [-0.25, -0.2) is 9.67 Å². The maximum Gasteiger partial charge on any atom is 0.322 e. The van der Waals surface area contributed by atoms with Crippen LogP contribution in [0.2, 0.25) is 5.02 Å². The standard InChI is InChI=1S/C14H16ClN3O2.C14H15O2PS2/c1-14(2,3)12(19)13(18-9-16-8-17-18)20-11-6-4-10(15)5-7-11;1-2-16-17(15,18-13-9-5-3-6-10-13)19-14-11-7-4-8-12-14/h4-9,13H,1-3H3;3-12H,2H2,1H3. The minimum Gasteiger partial charge on any atom is -0.461 e. The lowest BCUT2D eigenvalue weighted by molar-refractivity contribution is -0.138. The number of hydrogen-bond donors (Lipinski definition) is 0. The molecular weight excluding hydrogens is 573 g/mol. The van der Waals surface area contributed by atoms with Crippen LogP contribution < -0.4 is 4.74 Å². The highest BCUT2D eigenvalue weighted by Gasteiger charge is 2.33. The van der Waals surface area contributed by atoms with Crippen molar-refractivity contribution in [1.29, 1.82) is 0 Å². The maximum atomic E-state index is 12.9.